The van der Waals surface area contributed by atoms with Crippen molar-refractivity contribution in [1.82, 2.24) is 19.9 Å². The van der Waals surface area contributed by atoms with Crippen molar-refractivity contribution in [1.29, 1.82) is 0 Å². The van der Waals surface area contributed by atoms with Gasteiger partial charge in [-0.2, -0.15) is 0 Å². The third-order valence-electron chi connectivity index (χ3n) is 4.90. The smallest absolute Gasteiger partial charge is 0.326 e. The summed E-state index contributed by atoms with van der Waals surface area (Å²) in [4.78, 5) is 25.3. The molecule has 2 atom stereocenters. The van der Waals surface area contributed by atoms with E-state index in [1.165, 1.54) is 27.9 Å². The molecule has 0 unspecified atom stereocenters. The molecular formula is C17H13Cl2FN4O3. The van der Waals surface area contributed by atoms with Gasteiger partial charge in [-0.05, 0) is 37.0 Å². The summed E-state index contributed by atoms with van der Waals surface area (Å²) >= 11 is 11.8. The van der Waals surface area contributed by atoms with Crippen LogP contribution in [0.25, 0.3) is 11.3 Å². The van der Waals surface area contributed by atoms with Crippen LogP contribution in [0.15, 0.2) is 24.4 Å². The monoisotopic (exact) mass is 410 g/mol. The summed E-state index contributed by atoms with van der Waals surface area (Å²) < 4.78 is 16.2. The van der Waals surface area contributed by atoms with Crippen molar-refractivity contribution >= 4 is 40.7 Å². The lowest BCUT2D eigenvalue weighted by molar-refractivity contribution is -0.147. The normalized spacial score (nSPS) is 22.0. The largest absolute Gasteiger partial charge is 0.480 e. The van der Waals surface area contributed by atoms with Crippen LogP contribution in [0.5, 0.6) is 0 Å². The number of hydrogen-bond donors (Lipinski definition) is 1. The van der Waals surface area contributed by atoms with Crippen LogP contribution in [-0.2, 0) is 9.59 Å². The third-order valence-corrected chi connectivity index (χ3v) is 5.37. The lowest BCUT2D eigenvalue weighted by Gasteiger charge is -2.32. The Labute approximate surface area is 163 Å². The van der Waals surface area contributed by atoms with Gasteiger partial charge in [-0.3, -0.25) is 4.79 Å². The van der Waals surface area contributed by atoms with Gasteiger partial charge in [0.2, 0.25) is 5.91 Å². The fourth-order valence-corrected chi connectivity index (χ4v) is 4.05. The summed E-state index contributed by atoms with van der Waals surface area (Å²) in [7, 11) is 0. The molecule has 0 spiro atoms. The Balaban J connectivity index is 1.81. The molecule has 1 aromatic heterocycles. The number of carbonyl (C=O) groups is 2. The van der Waals surface area contributed by atoms with Crippen molar-refractivity contribution < 1.29 is 19.1 Å². The first-order chi connectivity index (χ1) is 12.9. The first-order valence-electron chi connectivity index (χ1n) is 8.19. The number of halogens is 3. The van der Waals surface area contributed by atoms with Crippen LogP contribution in [0.4, 0.5) is 4.39 Å². The van der Waals surface area contributed by atoms with Crippen LogP contribution in [0.3, 0.4) is 0 Å². The average molecular weight is 411 g/mol. The Hall–Kier alpha value is -2.45. The molecule has 1 fully saturated rings. The van der Waals surface area contributed by atoms with Gasteiger partial charge in [-0.1, -0.05) is 28.4 Å². The number of aromatic nitrogens is 3. The van der Waals surface area contributed by atoms with Gasteiger partial charge in [0.05, 0.1) is 16.9 Å². The van der Waals surface area contributed by atoms with E-state index in [-0.39, 0.29) is 21.8 Å². The van der Waals surface area contributed by atoms with Crippen LogP contribution in [0.1, 0.15) is 24.8 Å². The van der Waals surface area contributed by atoms with Crippen molar-refractivity contribution in [2.75, 3.05) is 0 Å². The van der Waals surface area contributed by atoms with Crippen molar-refractivity contribution in [2.24, 2.45) is 0 Å². The number of carboxylic acid groups (broad SMARTS) is 1. The van der Waals surface area contributed by atoms with Gasteiger partial charge in [0.15, 0.2) is 11.0 Å². The molecule has 1 N–H and O–H groups in total. The molecule has 2 aliphatic rings. The highest BCUT2D eigenvalue weighted by molar-refractivity contribution is 6.31. The molecule has 4 rings (SSSR count). The Kier molecular flexibility index (Phi) is 4.39. The second-order valence-corrected chi connectivity index (χ2v) is 7.24. The van der Waals surface area contributed by atoms with Gasteiger partial charge < -0.3 is 10.0 Å². The Morgan fingerprint density at radius 2 is 2.07 bits per heavy atom. The number of benzene rings is 1. The van der Waals surface area contributed by atoms with Crippen LogP contribution in [0, 0.1) is 5.82 Å². The fourth-order valence-electron chi connectivity index (χ4n) is 3.77. The van der Waals surface area contributed by atoms with E-state index in [0.717, 1.165) is 0 Å². The highest BCUT2D eigenvalue weighted by Gasteiger charge is 2.43. The van der Waals surface area contributed by atoms with E-state index in [1.807, 2.05) is 0 Å². The molecule has 2 aromatic rings. The minimum absolute atomic E-state index is 0.0921. The van der Waals surface area contributed by atoms with Crippen LogP contribution in [-0.4, -0.2) is 49.0 Å². The van der Waals surface area contributed by atoms with E-state index >= 15 is 0 Å². The topological polar surface area (TPSA) is 88.3 Å². The summed E-state index contributed by atoms with van der Waals surface area (Å²) in [6.07, 6.45) is 3.92. The second kappa shape index (κ2) is 6.61. The summed E-state index contributed by atoms with van der Waals surface area (Å²) in [6, 6.07) is 1.80. The summed E-state index contributed by atoms with van der Waals surface area (Å²) in [6.45, 7) is 0. The average Bonchev–Trinajstić information content (AvgIpc) is 3.23. The van der Waals surface area contributed by atoms with E-state index in [9.17, 15) is 19.1 Å². The van der Waals surface area contributed by atoms with E-state index in [2.05, 4.69) is 10.3 Å². The molecule has 0 saturated carbocycles. The number of nitrogens with zero attached hydrogens (tertiary/aromatic N) is 4. The molecule has 0 bridgehead atoms. The third kappa shape index (κ3) is 2.98. The molecule has 140 valence electrons. The number of fused-ring (bicyclic) bond motifs is 1. The van der Waals surface area contributed by atoms with Crippen LogP contribution >= 0.6 is 23.2 Å². The van der Waals surface area contributed by atoms with Crippen molar-refractivity contribution in [2.45, 2.75) is 31.3 Å². The number of carboxylic acids is 1. The zero-order valence-electron chi connectivity index (χ0n) is 13.8. The molecule has 3 heterocycles. The number of aliphatic carboxylic acids is 1. The number of hydrogen-bond acceptors (Lipinski definition) is 4. The second-order valence-electron chi connectivity index (χ2n) is 6.45. The van der Waals surface area contributed by atoms with Gasteiger partial charge in [-0.25, -0.2) is 13.9 Å². The lowest BCUT2D eigenvalue weighted by atomic mass is 9.92. The maximum Gasteiger partial charge on any atom is 0.326 e. The predicted molar refractivity (Wildman–Crippen MR) is 95.2 cm³/mol. The fraction of sp³-hybridized carbons (Fsp3) is 0.294. The molecule has 10 heteroatoms. The maximum atomic E-state index is 14.9. The minimum atomic E-state index is -1.03. The SMILES string of the molecule is O=C(O)[C@H]1CC[C@H]2CC(c3c(-n4cc(Cl)nn4)ccc(Cl)c3F)=CC(=O)N21. The van der Waals surface area contributed by atoms with Crippen LogP contribution < -0.4 is 0 Å². The molecule has 27 heavy (non-hydrogen) atoms. The van der Waals surface area contributed by atoms with Crippen molar-refractivity contribution in [3.63, 3.8) is 0 Å². The quantitative estimate of drug-likeness (QED) is 0.839. The van der Waals surface area contributed by atoms with E-state index < -0.39 is 23.7 Å². The molecule has 0 radical (unpaired) electrons. The van der Waals surface area contributed by atoms with Gasteiger partial charge in [0, 0.05) is 17.7 Å². The van der Waals surface area contributed by atoms with Crippen molar-refractivity contribution in [3.8, 4) is 5.69 Å². The standard InChI is InChI=1S/C17H13Cl2FN4O3/c18-10-2-4-11(23-7-13(19)21-22-23)15(16(10)20)8-5-9-1-3-12(17(26)27)24(9)14(25)6-8/h2,4,6-7,9,12H,1,3,5H2,(H,26,27)/t9-,12+/m0/s1. The van der Waals surface area contributed by atoms with Gasteiger partial charge in [0.25, 0.3) is 0 Å². The Bertz CT molecular complexity index is 991. The van der Waals surface area contributed by atoms with Crippen molar-refractivity contribution in [3.05, 3.63) is 46.0 Å². The molecular weight excluding hydrogens is 398 g/mol. The lowest BCUT2D eigenvalue weighted by Crippen LogP contribution is -2.46. The molecule has 1 amide bonds. The highest BCUT2D eigenvalue weighted by Crippen LogP contribution is 2.39. The zero-order valence-corrected chi connectivity index (χ0v) is 15.3. The molecule has 7 nitrogen and oxygen atoms in total. The molecule has 1 saturated heterocycles. The van der Waals surface area contributed by atoms with Crippen LogP contribution in [0.2, 0.25) is 10.2 Å². The van der Waals surface area contributed by atoms with Gasteiger partial charge in [0.1, 0.15) is 6.04 Å². The zero-order chi connectivity index (χ0) is 19.3. The number of carbonyl (C=O) groups excluding carboxylic acids is 1. The first-order valence-corrected chi connectivity index (χ1v) is 8.94. The highest BCUT2D eigenvalue weighted by atomic mass is 35.5. The summed E-state index contributed by atoms with van der Waals surface area (Å²) in [5.74, 6) is -2.16. The van der Waals surface area contributed by atoms with Gasteiger partial charge >= 0.3 is 5.97 Å². The molecule has 1 aromatic carbocycles. The minimum Gasteiger partial charge on any atom is -0.480 e. The first kappa shape index (κ1) is 17.9. The van der Waals surface area contributed by atoms with E-state index in [4.69, 9.17) is 23.2 Å². The number of rotatable bonds is 3. The molecule has 0 aliphatic carbocycles. The van der Waals surface area contributed by atoms with E-state index in [0.29, 0.717) is 30.5 Å². The van der Waals surface area contributed by atoms with Gasteiger partial charge in [-0.15, -0.1) is 5.10 Å². The molecule has 2 aliphatic heterocycles. The summed E-state index contributed by atoms with van der Waals surface area (Å²) in [5, 5.41) is 16.9. The Morgan fingerprint density at radius 1 is 1.30 bits per heavy atom. The maximum absolute atomic E-state index is 14.9. The number of amides is 1. The predicted octanol–water partition coefficient (Wildman–Crippen LogP) is 2.94. The summed E-state index contributed by atoms with van der Waals surface area (Å²) in [5.41, 5.74) is 0.918. The van der Waals surface area contributed by atoms with E-state index in [1.54, 1.807) is 6.07 Å². The Morgan fingerprint density at radius 3 is 2.74 bits per heavy atom.